The van der Waals surface area contributed by atoms with E-state index in [0.29, 0.717) is 39.3 Å². The number of alkyl halides is 6. The van der Waals surface area contributed by atoms with Crippen molar-refractivity contribution in [3.63, 3.8) is 0 Å². The summed E-state index contributed by atoms with van der Waals surface area (Å²) in [5.41, 5.74) is 1.37. The van der Waals surface area contributed by atoms with Crippen LogP contribution in [0.1, 0.15) is 51.1 Å². The molecular weight excluding hydrogens is 734 g/mol. The van der Waals surface area contributed by atoms with Crippen LogP contribution in [-0.4, -0.2) is 51.2 Å². The number of tetrazole rings is 1. The summed E-state index contributed by atoms with van der Waals surface area (Å²) in [7, 11) is 0. The molecule has 0 saturated carbocycles. The number of carbonyl (C=O) groups is 1. The Hall–Kier alpha value is -5.32. The van der Waals surface area contributed by atoms with E-state index in [1.54, 1.807) is 17.6 Å². The van der Waals surface area contributed by atoms with Crippen molar-refractivity contribution in [1.82, 2.24) is 39.3 Å². The molecule has 1 amide bonds. The lowest BCUT2D eigenvalue weighted by atomic mass is 9.97. The number of nitrogens with zero attached hydrogens (tertiary/aromatic N) is 8. The van der Waals surface area contributed by atoms with Crippen molar-refractivity contribution in [2.45, 2.75) is 44.7 Å². The van der Waals surface area contributed by atoms with Crippen molar-refractivity contribution in [2.24, 2.45) is 0 Å². The molecule has 0 N–H and O–H groups in total. The van der Waals surface area contributed by atoms with Crippen molar-refractivity contribution in [2.75, 3.05) is 0 Å². The molecule has 4 heterocycles. The van der Waals surface area contributed by atoms with E-state index in [-0.39, 0.29) is 28.7 Å². The van der Waals surface area contributed by atoms with Crippen LogP contribution in [0.25, 0.3) is 17.0 Å². The fourth-order valence-electron chi connectivity index (χ4n) is 6.16. The molecule has 1 aliphatic heterocycles. The van der Waals surface area contributed by atoms with Crippen molar-refractivity contribution in [3.05, 3.63) is 133 Å². The maximum absolute atomic E-state index is 14.4. The first-order valence-corrected chi connectivity index (χ1v) is 15.8. The van der Waals surface area contributed by atoms with Crippen LogP contribution in [-0.2, 0) is 31.7 Å². The molecule has 0 saturated heterocycles. The number of hydrogen-bond donors (Lipinski definition) is 0. The Labute approximate surface area is 286 Å². The van der Waals surface area contributed by atoms with Gasteiger partial charge in [0.25, 0.3) is 17.3 Å². The Kier molecular flexibility index (Phi) is 8.11. The lowest BCUT2D eigenvalue weighted by Gasteiger charge is -2.35. The topological polar surface area (TPSA) is 103 Å². The number of fused-ring (bicyclic) bond motifs is 3. The molecular formula is C33H23BrF6N8O2. The molecule has 50 heavy (non-hydrogen) atoms. The second-order valence-corrected chi connectivity index (χ2v) is 12.6. The van der Waals surface area contributed by atoms with Crippen molar-refractivity contribution < 1.29 is 31.1 Å². The first kappa shape index (κ1) is 33.2. The predicted molar refractivity (Wildman–Crippen MR) is 170 cm³/mol. The van der Waals surface area contributed by atoms with Crippen LogP contribution in [0, 0.1) is 0 Å². The minimum absolute atomic E-state index is 0.00974. The summed E-state index contributed by atoms with van der Waals surface area (Å²) in [5, 5.41) is 14.3. The molecule has 0 spiro atoms. The summed E-state index contributed by atoms with van der Waals surface area (Å²) >= 11 is 2.91. The summed E-state index contributed by atoms with van der Waals surface area (Å²) in [6, 6.07) is 17.7. The van der Waals surface area contributed by atoms with E-state index in [9.17, 15) is 35.9 Å². The number of halogens is 7. The molecule has 0 bridgehead atoms. The highest BCUT2D eigenvalue weighted by molar-refractivity contribution is 9.10. The van der Waals surface area contributed by atoms with Gasteiger partial charge in [0.15, 0.2) is 0 Å². The largest absolute Gasteiger partial charge is 0.453 e. The SMILES string of the molecule is C[C@@H]1Cc2c(n3ncc(Cc4ccccc4)c3n(-c3ccc(-n4nnnc4C(F)(F)F)cc3)c2=O)CN1C(=O)c1ccc(Br)c(C(F)(F)F)c1. The molecule has 1 aliphatic rings. The van der Waals surface area contributed by atoms with Gasteiger partial charge in [-0.3, -0.25) is 14.2 Å². The molecule has 256 valence electrons. The van der Waals surface area contributed by atoms with Crippen molar-refractivity contribution >= 4 is 27.5 Å². The quantitative estimate of drug-likeness (QED) is 0.188. The fourth-order valence-corrected chi connectivity index (χ4v) is 6.63. The Morgan fingerprint density at radius 3 is 2.32 bits per heavy atom. The summed E-state index contributed by atoms with van der Waals surface area (Å²) in [6.45, 7) is 1.58. The highest BCUT2D eigenvalue weighted by Crippen LogP contribution is 2.36. The van der Waals surface area contributed by atoms with Gasteiger partial charge in [-0.2, -0.15) is 36.1 Å². The molecule has 6 aromatic rings. The molecule has 0 unspecified atom stereocenters. The lowest BCUT2D eigenvalue weighted by Crippen LogP contribution is -2.46. The monoisotopic (exact) mass is 756 g/mol. The zero-order chi connectivity index (χ0) is 35.5. The van der Waals surface area contributed by atoms with Crippen LogP contribution in [0.3, 0.4) is 0 Å². The third-order valence-corrected chi connectivity index (χ3v) is 9.23. The molecule has 7 rings (SSSR count). The zero-order valence-corrected chi connectivity index (χ0v) is 27.3. The van der Waals surface area contributed by atoms with E-state index in [1.165, 1.54) is 45.9 Å². The smallest absolute Gasteiger partial charge is 0.330 e. The van der Waals surface area contributed by atoms with Crippen LogP contribution >= 0.6 is 15.9 Å². The third-order valence-electron chi connectivity index (χ3n) is 8.54. The third kappa shape index (κ3) is 5.84. The Balaban J connectivity index is 1.35. The van der Waals surface area contributed by atoms with Crippen LogP contribution in [0.2, 0.25) is 0 Å². The molecule has 3 aromatic carbocycles. The van der Waals surface area contributed by atoms with E-state index < -0.39 is 41.2 Å². The normalized spacial score (nSPS) is 15.0. The van der Waals surface area contributed by atoms with E-state index >= 15 is 0 Å². The zero-order valence-electron chi connectivity index (χ0n) is 25.7. The van der Waals surface area contributed by atoms with E-state index in [2.05, 4.69) is 36.6 Å². The second-order valence-electron chi connectivity index (χ2n) is 11.7. The van der Waals surface area contributed by atoms with Gasteiger partial charge in [0.2, 0.25) is 0 Å². The van der Waals surface area contributed by atoms with E-state index in [4.69, 9.17) is 0 Å². The summed E-state index contributed by atoms with van der Waals surface area (Å²) in [4.78, 5) is 29.6. The first-order valence-electron chi connectivity index (χ1n) is 15.0. The van der Waals surface area contributed by atoms with Crippen LogP contribution in [0.4, 0.5) is 26.3 Å². The van der Waals surface area contributed by atoms with Crippen molar-refractivity contribution in [1.29, 1.82) is 0 Å². The molecule has 0 fully saturated rings. The summed E-state index contributed by atoms with van der Waals surface area (Å²) in [6.07, 6.45) is -7.49. The number of aromatic nitrogens is 7. The number of hydrogen-bond acceptors (Lipinski definition) is 6. The predicted octanol–water partition coefficient (Wildman–Crippen LogP) is 6.44. The lowest BCUT2D eigenvalue weighted by molar-refractivity contribution is -0.146. The van der Waals surface area contributed by atoms with Gasteiger partial charge in [-0.05, 0) is 71.8 Å². The number of amides is 1. The Bertz CT molecular complexity index is 2310. The van der Waals surface area contributed by atoms with Gasteiger partial charge in [0, 0.05) is 33.6 Å². The van der Waals surface area contributed by atoms with Crippen LogP contribution in [0.5, 0.6) is 0 Å². The van der Waals surface area contributed by atoms with Gasteiger partial charge in [0.05, 0.1) is 35.4 Å². The molecule has 10 nitrogen and oxygen atoms in total. The van der Waals surface area contributed by atoms with Gasteiger partial charge >= 0.3 is 12.4 Å². The van der Waals surface area contributed by atoms with Crippen LogP contribution in [0.15, 0.2) is 88.3 Å². The maximum atomic E-state index is 14.4. The molecule has 0 radical (unpaired) electrons. The van der Waals surface area contributed by atoms with Gasteiger partial charge < -0.3 is 4.90 Å². The molecule has 3 aromatic heterocycles. The van der Waals surface area contributed by atoms with Crippen molar-refractivity contribution in [3.8, 4) is 11.4 Å². The van der Waals surface area contributed by atoms with Gasteiger partial charge in [-0.15, -0.1) is 5.10 Å². The Morgan fingerprint density at radius 2 is 1.64 bits per heavy atom. The average Bonchev–Trinajstić information content (AvgIpc) is 3.74. The van der Waals surface area contributed by atoms with Crippen LogP contribution < -0.4 is 5.56 Å². The van der Waals surface area contributed by atoms with Gasteiger partial charge in [-0.1, -0.05) is 46.3 Å². The maximum Gasteiger partial charge on any atom is 0.453 e. The Morgan fingerprint density at radius 1 is 0.940 bits per heavy atom. The van der Waals surface area contributed by atoms with Gasteiger partial charge in [0.1, 0.15) is 5.65 Å². The first-order chi connectivity index (χ1) is 23.7. The summed E-state index contributed by atoms with van der Waals surface area (Å²) in [5.74, 6) is -1.96. The minimum atomic E-state index is -4.81. The minimum Gasteiger partial charge on any atom is -0.330 e. The summed E-state index contributed by atoms with van der Waals surface area (Å²) < 4.78 is 84.8. The fraction of sp³-hybridized carbons (Fsp3) is 0.212. The van der Waals surface area contributed by atoms with E-state index in [1.807, 2.05) is 30.3 Å². The second kappa shape index (κ2) is 12.2. The molecule has 17 heteroatoms. The van der Waals surface area contributed by atoms with E-state index in [0.717, 1.165) is 11.6 Å². The van der Waals surface area contributed by atoms with Gasteiger partial charge in [-0.25, -0.2) is 4.52 Å². The number of rotatable bonds is 5. The molecule has 0 aliphatic carbocycles. The number of carbonyl (C=O) groups excluding carboxylic acids is 1. The standard InChI is InChI=1S/C33H23BrF6N8O2/c1-18-13-24-27(17-45(18)29(49)20-7-12-26(34)25(15-20)32(35,36)37)48-28(21(16-41-48)14-19-5-3-2-4-6-19)46(30(24)50)22-8-10-23(11-9-22)47-31(33(38,39)40)42-43-44-47/h2-12,15-16,18H,13-14,17H2,1H3/t18-/m1/s1. The average molecular weight is 757 g/mol. The molecule has 1 atom stereocenters. The highest BCUT2D eigenvalue weighted by atomic mass is 79.9. The number of benzene rings is 3. The highest BCUT2D eigenvalue weighted by Gasteiger charge is 2.39.